The molecule has 0 atom stereocenters. The summed E-state index contributed by atoms with van der Waals surface area (Å²) in [4.78, 5) is 19.5. The fourth-order valence-electron chi connectivity index (χ4n) is 3.97. The van der Waals surface area contributed by atoms with Crippen LogP contribution in [0.15, 0.2) is 78.9 Å². The van der Waals surface area contributed by atoms with Gasteiger partial charge in [-0.15, -0.1) is 0 Å². The maximum absolute atomic E-state index is 13.3. The van der Waals surface area contributed by atoms with Gasteiger partial charge in [0.05, 0.1) is 5.52 Å². The third-order valence-corrected chi connectivity index (χ3v) is 5.49. The SMILES string of the molecule is O=C1c2cccc(-c3ccc(F)cc3)c2CN1CCc1ccc2ccccc2n1. The molecule has 1 amide bonds. The molecule has 0 fully saturated rings. The van der Waals surface area contributed by atoms with E-state index in [-0.39, 0.29) is 11.7 Å². The highest BCUT2D eigenvalue weighted by Gasteiger charge is 2.29. The Morgan fingerprint density at radius 2 is 1.66 bits per heavy atom. The number of nitrogens with zero attached hydrogens (tertiary/aromatic N) is 2. The Bertz CT molecular complexity index is 1220. The van der Waals surface area contributed by atoms with Gasteiger partial charge in [0.15, 0.2) is 0 Å². The maximum atomic E-state index is 13.3. The first kappa shape index (κ1) is 17.6. The number of halogens is 1. The standard InChI is InChI=1S/C25H19FN2O/c26-19-11-8-17(9-12-19)21-5-3-6-22-23(21)16-28(25(22)29)15-14-20-13-10-18-4-1-2-7-24(18)27-20/h1-13H,14-16H2. The van der Waals surface area contributed by atoms with Gasteiger partial charge < -0.3 is 4.90 Å². The second-order valence-electron chi connectivity index (χ2n) is 7.31. The van der Waals surface area contributed by atoms with Crippen molar-refractivity contribution in [1.82, 2.24) is 9.88 Å². The van der Waals surface area contributed by atoms with Crippen molar-refractivity contribution in [1.29, 1.82) is 0 Å². The van der Waals surface area contributed by atoms with Crippen LogP contribution in [-0.4, -0.2) is 22.3 Å². The van der Waals surface area contributed by atoms with E-state index in [2.05, 4.69) is 6.07 Å². The Labute approximate surface area is 168 Å². The lowest BCUT2D eigenvalue weighted by Crippen LogP contribution is -2.26. The molecular formula is C25H19FN2O. The van der Waals surface area contributed by atoms with E-state index in [9.17, 15) is 9.18 Å². The van der Waals surface area contributed by atoms with E-state index in [0.29, 0.717) is 19.5 Å². The zero-order valence-corrected chi connectivity index (χ0v) is 15.8. The average Bonchev–Trinajstić information content (AvgIpc) is 3.08. The van der Waals surface area contributed by atoms with Gasteiger partial charge in [-0.05, 0) is 47.0 Å². The minimum absolute atomic E-state index is 0.0461. The van der Waals surface area contributed by atoms with E-state index < -0.39 is 0 Å². The van der Waals surface area contributed by atoms with Gasteiger partial charge in [-0.3, -0.25) is 9.78 Å². The van der Waals surface area contributed by atoms with Gasteiger partial charge in [0.25, 0.3) is 5.91 Å². The van der Waals surface area contributed by atoms with E-state index in [1.54, 1.807) is 12.1 Å². The van der Waals surface area contributed by atoms with Gasteiger partial charge in [-0.2, -0.15) is 0 Å². The summed E-state index contributed by atoms with van der Waals surface area (Å²) in [5.74, 6) is -0.216. The summed E-state index contributed by atoms with van der Waals surface area (Å²) in [6.07, 6.45) is 0.705. The summed E-state index contributed by atoms with van der Waals surface area (Å²) in [7, 11) is 0. The van der Waals surface area contributed by atoms with Crippen LogP contribution in [0.25, 0.3) is 22.0 Å². The molecule has 0 saturated carbocycles. The Morgan fingerprint density at radius 3 is 2.52 bits per heavy atom. The highest BCUT2D eigenvalue weighted by atomic mass is 19.1. The highest BCUT2D eigenvalue weighted by molar-refractivity contribution is 6.00. The first-order valence-corrected chi connectivity index (χ1v) is 9.71. The summed E-state index contributed by atoms with van der Waals surface area (Å²) in [5, 5.41) is 1.12. The largest absolute Gasteiger partial charge is 0.334 e. The molecule has 0 spiro atoms. The number of carbonyl (C=O) groups is 1. The summed E-state index contributed by atoms with van der Waals surface area (Å²) in [6.45, 7) is 1.18. The van der Waals surface area contributed by atoms with Crippen LogP contribution in [0.3, 0.4) is 0 Å². The number of rotatable bonds is 4. The van der Waals surface area contributed by atoms with Crippen molar-refractivity contribution in [2.45, 2.75) is 13.0 Å². The van der Waals surface area contributed by atoms with Crippen LogP contribution < -0.4 is 0 Å². The number of fused-ring (bicyclic) bond motifs is 2. The van der Waals surface area contributed by atoms with Gasteiger partial charge in [0.1, 0.15) is 5.82 Å². The average molecular weight is 382 g/mol. The van der Waals surface area contributed by atoms with Gasteiger partial charge in [0, 0.05) is 36.2 Å². The minimum Gasteiger partial charge on any atom is -0.334 e. The van der Waals surface area contributed by atoms with Gasteiger partial charge in [-0.25, -0.2) is 4.39 Å². The number of aromatic nitrogens is 1. The number of hydrogen-bond acceptors (Lipinski definition) is 2. The Balaban J connectivity index is 1.37. The molecule has 0 radical (unpaired) electrons. The first-order valence-electron chi connectivity index (χ1n) is 9.71. The third-order valence-electron chi connectivity index (χ3n) is 5.49. The molecule has 0 bridgehead atoms. The summed E-state index contributed by atoms with van der Waals surface area (Å²) in [6, 6.07) is 24.3. The molecule has 0 unspecified atom stereocenters. The zero-order chi connectivity index (χ0) is 19.8. The Morgan fingerprint density at radius 1 is 0.862 bits per heavy atom. The van der Waals surface area contributed by atoms with Crippen LogP contribution in [0.2, 0.25) is 0 Å². The van der Waals surface area contributed by atoms with Gasteiger partial charge in [-0.1, -0.05) is 48.5 Å². The molecule has 29 heavy (non-hydrogen) atoms. The van der Waals surface area contributed by atoms with Crippen molar-refractivity contribution in [3.63, 3.8) is 0 Å². The number of hydrogen-bond donors (Lipinski definition) is 0. The van der Waals surface area contributed by atoms with Gasteiger partial charge >= 0.3 is 0 Å². The molecule has 5 rings (SSSR count). The molecule has 0 saturated heterocycles. The predicted octanol–water partition coefficient (Wildman–Crippen LogP) is 5.24. The lowest BCUT2D eigenvalue weighted by Gasteiger charge is -2.15. The van der Waals surface area contributed by atoms with Crippen molar-refractivity contribution in [3.05, 3.63) is 102 Å². The predicted molar refractivity (Wildman–Crippen MR) is 112 cm³/mol. The molecular weight excluding hydrogens is 363 g/mol. The number of benzene rings is 3. The molecule has 3 nitrogen and oxygen atoms in total. The fourth-order valence-corrected chi connectivity index (χ4v) is 3.97. The van der Waals surface area contributed by atoms with Crippen molar-refractivity contribution < 1.29 is 9.18 Å². The molecule has 1 aliphatic heterocycles. The topological polar surface area (TPSA) is 33.2 Å². The highest BCUT2D eigenvalue weighted by Crippen LogP contribution is 2.32. The molecule has 0 N–H and O–H groups in total. The van der Waals surface area contributed by atoms with Crippen molar-refractivity contribution in [3.8, 4) is 11.1 Å². The van der Waals surface area contributed by atoms with Crippen molar-refractivity contribution in [2.24, 2.45) is 0 Å². The van der Waals surface area contributed by atoms with Crippen LogP contribution in [0.5, 0.6) is 0 Å². The third kappa shape index (κ3) is 3.27. The van der Waals surface area contributed by atoms with Gasteiger partial charge in [0.2, 0.25) is 0 Å². The Kier molecular flexibility index (Phi) is 4.32. The van der Waals surface area contributed by atoms with Crippen molar-refractivity contribution in [2.75, 3.05) is 6.54 Å². The monoisotopic (exact) mass is 382 g/mol. The zero-order valence-electron chi connectivity index (χ0n) is 15.8. The molecule has 1 aromatic heterocycles. The molecule has 4 aromatic rings. The Hall–Kier alpha value is -3.53. The number of carbonyl (C=O) groups excluding carboxylic acids is 1. The normalized spacial score (nSPS) is 13.1. The molecule has 3 aromatic carbocycles. The second-order valence-corrected chi connectivity index (χ2v) is 7.31. The van der Waals surface area contributed by atoms with Crippen LogP contribution in [0, 0.1) is 5.82 Å². The van der Waals surface area contributed by atoms with Crippen LogP contribution in [0.1, 0.15) is 21.6 Å². The van der Waals surface area contributed by atoms with Crippen molar-refractivity contribution >= 4 is 16.8 Å². The molecule has 0 aliphatic carbocycles. The smallest absolute Gasteiger partial charge is 0.254 e. The van der Waals surface area contributed by atoms with Crippen LogP contribution in [0.4, 0.5) is 4.39 Å². The molecule has 2 heterocycles. The minimum atomic E-state index is -0.262. The summed E-state index contributed by atoms with van der Waals surface area (Å²) in [5.41, 5.74) is 5.61. The van der Waals surface area contributed by atoms with E-state index in [4.69, 9.17) is 4.98 Å². The second kappa shape index (κ2) is 7.13. The molecule has 1 aliphatic rings. The molecule has 4 heteroatoms. The van der Waals surface area contributed by atoms with E-state index >= 15 is 0 Å². The van der Waals surface area contributed by atoms with E-state index in [1.807, 2.05) is 53.4 Å². The number of pyridine rings is 1. The first-order chi connectivity index (χ1) is 14.2. The van der Waals surface area contributed by atoms with Crippen LogP contribution in [-0.2, 0) is 13.0 Å². The lowest BCUT2D eigenvalue weighted by molar-refractivity contribution is 0.0780. The molecule has 142 valence electrons. The van der Waals surface area contributed by atoms with Crippen LogP contribution >= 0.6 is 0 Å². The van der Waals surface area contributed by atoms with E-state index in [0.717, 1.165) is 38.9 Å². The quantitative estimate of drug-likeness (QED) is 0.484. The number of amides is 1. The fraction of sp³-hybridized carbons (Fsp3) is 0.120. The summed E-state index contributed by atoms with van der Waals surface area (Å²) < 4.78 is 13.3. The summed E-state index contributed by atoms with van der Waals surface area (Å²) >= 11 is 0. The lowest BCUT2D eigenvalue weighted by atomic mass is 9.97. The van der Waals surface area contributed by atoms with E-state index in [1.165, 1.54) is 12.1 Å². The maximum Gasteiger partial charge on any atom is 0.254 e. The number of para-hydroxylation sites is 1.